The number of carbonyl (C=O) groups excluding carboxylic acids is 1. The molecule has 0 aliphatic rings. The summed E-state index contributed by atoms with van der Waals surface area (Å²) in [4.78, 5) is 28.2. The lowest BCUT2D eigenvalue weighted by molar-refractivity contribution is -0.137. The van der Waals surface area contributed by atoms with Gasteiger partial charge in [0.05, 0.1) is 13.2 Å². The van der Waals surface area contributed by atoms with Gasteiger partial charge in [0.1, 0.15) is 0 Å². The van der Waals surface area contributed by atoms with Crippen molar-refractivity contribution in [2.24, 2.45) is 0 Å². The monoisotopic (exact) mass is 392 g/mol. The first-order chi connectivity index (χ1) is 12.5. The van der Waals surface area contributed by atoms with Gasteiger partial charge in [-0.2, -0.15) is 0 Å². The molecule has 7 heteroatoms. The largest absolute Gasteiger partial charge is 0.469 e. The Hall–Kier alpha value is -0.680. The van der Waals surface area contributed by atoms with E-state index < -0.39 is 7.82 Å². The van der Waals surface area contributed by atoms with Crippen LogP contribution in [0.3, 0.4) is 0 Å². The van der Waals surface area contributed by atoms with Gasteiger partial charge in [-0.15, -0.1) is 0 Å². The third-order valence-electron chi connectivity index (χ3n) is 4.10. The Balaban J connectivity index is 3.11. The Kier molecular flexibility index (Phi) is 17.3. The Morgan fingerprint density at radius 3 is 1.54 bits per heavy atom. The zero-order valence-corrected chi connectivity index (χ0v) is 17.1. The number of allylic oxidation sites excluding steroid dienone is 1. The number of unbranched alkanes of at least 4 members (excludes halogenated alkanes) is 12. The number of phosphoric ester groups is 1. The fraction of sp³-hybridized carbons (Fsp3) is 0.842. The van der Waals surface area contributed by atoms with Crippen LogP contribution in [0.15, 0.2) is 12.2 Å². The molecule has 0 aliphatic carbocycles. The molecule has 0 saturated carbocycles. The summed E-state index contributed by atoms with van der Waals surface area (Å²) in [6.45, 7) is 2.47. The number of ether oxygens (including phenoxy) is 1. The van der Waals surface area contributed by atoms with E-state index in [-0.39, 0.29) is 12.6 Å². The van der Waals surface area contributed by atoms with E-state index in [9.17, 15) is 9.36 Å². The lowest BCUT2D eigenvalue weighted by atomic mass is 10.0. The molecule has 0 rings (SSSR count). The minimum Gasteiger partial charge on any atom is -0.463 e. The molecule has 0 saturated heterocycles. The first-order valence-electron chi connectivity index (χ1n) is 9.95. The lowest BCUT2D eigenvalue weighted by Gasteiger charge is -2.05. The summed E-state index contributed by atoms with van der Waals surface area (Å²) < 4.78 is 19.9. The summed E-state index contributed by atoms with van der Waals surface area (Å²) in [6.07, 6.45) is 17.9. The summed E-state index contributed by atoms with van der Waals surface area (Å²) in [6, 6.07) is 0. The van der Waals surface area contributed by atoms with Crippen molar-refractivity contribution in [3.8, 4) is 0 Å². The molecule has 154 valence electrons. The Morgan fingerprint density at radius 1 is 0.769 bits per heavy atom. The van der Waals surface area contributed by atoms with Crippen molar-refractivity contribution in [3.63, 3.8) is 0 Å². The highest BCUT2D eigenvalue weighted by Gasteiger charge is 2.12. The maximum absolute atomic E-state index is 11.1. The molecule has 6 nitrogen and oxygen atoms in total. The quantitative estimate of drug-likeness (QED) is 0.143. The van der Waals surface area contributed by atoms with E-state index in [1.807, 2.05) is 0 Å². The molecule has 0 amide bonds. The van der Waals surface area contributed by atoms with Gasteiger partial charge in [0.2, 0.25) is 0 Å². The highest BCUT2D eigenvalue weighted by molar-refractivity contribution is 7.46. The van der Waals surface area contributed by atoms with Crippen LogP contribution in [0.25, 0.3) is 0 Å². The molecule has 26 heavy (non-hydrogen) atoms. The fourth-order valence-electron chi connectivity index (χ4n) is 2.69. The van der Waals surface area contributed by atoms with Crippen molar-refractivity contribution in [2.45, 2.75) is 90.4 Å². The number of hydrogen-bond acceptors (Lipinski definition) is 4. The summed E-state index contributed by atoms with van der Waals surface area (Å²) in [7, 11) is -4.28. The molecule has 0 spiro atoms. The molecule has 0 fully saturated rings. The fourth-order valence-corrected chi connectivity index (χ4v) is 3.06. The average Bonchev–Trinajstić information content (AvgIpc) is 2.57. The molecule has 0 aromatic carbocycles. The second-order valence-electron chi connectivity index (χ2n) is 6.59. The standard InChI is InChI=1S/C19H37O6P/c1-2-16-19(20)24-17-14-12-10-8-6-4-3-5-7-9-11-13-15-18-25-26(21,22)23/h2,16H,3-15,17-18H2,1H3,(H2,21,22,23). The Morgan fingerprint density at radius 2 is 1.15 bits per heavy atom. The van der Waals surface area contributed by atoms with Crippen LogP contribution in [-0.4, -0.2) is 29.0 Å². The molecule has 0 aliphatic heterocycles. The van der Waals surface area contributed by atoms with Crippen molar-refractivity contribution in [3.05, 3.63) is 12.2 Å². The summed E-state index contributed by atoms with van der Waals surface area (Å²) >= 11 is 0. The van der Waals surface area contributed by atoms with Crippen LogP contribution in [0, 0.1) is 0 Å². The zero-order valence-electron chi connectivity index (χ0n) is 16.2. The van der Waals surface area contributed by atoms with Crippen LogP contribution < -0.4 is 0 Å². The van der Waals surface area contributed by atoms with Gasteiger partial charge in [0.25, 0.3) is 0 Å². The molecule has 0 radical (unpaired) electrons. The predicted molar refractivity (Wildman–Crippen MR) is 104 cm³/mol. The highest BCUT2D eigenvalue weighted by Crippen LogP contribution is 2.35. The predicted octanol–water partition coefficient (Wildman–Crippen LogP) is 5.29. The maximum Gasteiger partial charge on any atom is 0.469 e. The van der Waals surface area contributed by atoms with Crippen LogP contribution in [0.5, 0.6) is 0 Å². The van der Waals surface area contributed by atoms with Gasteiger partial charge >= 0.3 is 13.8 Å². The zero-order chi connectivity index (χ0) is 19.5. The van der Waals surface area contributed by atoms with E-state index in [1.165, 1.54) is 57.4 Å². The SMILES string of the molecule is CC=CC(=O)OCCCCCCCCCCCCCCCOP(=O)(O)O. The van der Waals surface area contributed by atoms with E-state index in [2.05, 4.69) is 4.52 Å². The number of esters is 1. The van der Waals surface area contributed by atoms with Gasteiger partial charge in [-0.3, -0.25) is 4.52 Å². The summed E-state index contributed by atoms with van der Waals surface area (Å²) in [5, 5.41) is 0. The summed E-state index contributed by atoms with van der Waals surface area (Å²) in [5.74, 6) is -0.248. The van der Waals surface area contributed by atoms with Crippen LogP contribution in [0.1, 0.15) is 90.4 Å². The van der Waals surface area contributed by atoms with E-state index in [4.69, 9.17) is 14.5 Å². The first-order valence-corrected chi connectivity index (χ1v) is 11.5. The van der Waals surface area contributed by atoms with E-state index >= 15 is 0 Å². The van der Waals surface area contributed by atoms with Crippen LogP contribution in [0.4, 0.5) is 0 Å². The number of carbonyl (C=O) groups is 1. The second-order valence-corrected chi connectivity index (χ2v) is 7.83. The van der Waals surface area contributed by atoms with Gasteiger partial charge < -0.3 is 14.5 Å². The summed E-state index contributed by atoms with van der Waals surface area (Å²) in [5.41, 5.74) is 0. The molecule has 0 bridgehead atoms. The van der Waals surface area contributed by atoms with Crippen LogP contribution >= 0.6 is 7.82 Å². The molecular weight excluding hydrogens is 355 g/mol. The van der Waals surface area contributed by atoms with E-state index in [0.717, 1.165) is 25.7 Å². The van der Waals surface area contributed by atoms with Crippen LogP contribution in [0.2, 0.25) is 0 Å². The van der Waals surface area contributed by atoms with Crippen molar-refractivity contribution in [2.75, 3.05) is 13.2 Å². The average molecular weight is 392 g/mol. The maximum atomic E-state index is 11.1. The Labute approximate surface area is 158 Å². The number of hydrogen-bond donors (Lipinski definition) is 2. The van der Waals surface area contributed by atoms with E-state index in [1.54, 1.807) is 13.0 Å². The molecule has 0 aromatic rings. The second kappa shape index (κ2) is 17.7. The third-order valence-corrected chi connectivity index (χ3v) is 4.61. The molecule has 0 unspecified atom stereocenters. The third kappa shape index (κ3) is 21.4. The van der Waals surface area contributed by atoms with Gasteiger partial charge in [0, 0.05) is 6.08 Å². The highest BCUT2D eigenvalue weighted by atomic mass is 31.2. The van der Waals surface area contributed by atoms with Gasteiger partial charge in [-0.1, -0.05) is 76.7 Å². The van der Waals surface area contributed by atoms with E-state index in [0.29, 0.717) is 13.0 Å². The van der Waals surface area contributed by atoms with Crippen molar-refractivity contribution < 1.29 is 28.4 Å². The Bertz CT molecular complexity index is 405. The molecule has 2 N–H and O–H groups in total. The van der Waals surface area contributed by atoms with Crippen molar-refractivity contribution >= 4 is 13.8 Å². The van der Waals surface area contributed by atoms with Crippen molar-refractivity contribution in [1.82, 2.24) is 0 Å². The van der Waals surface area contributed by atoms with Crippen molar-refractivity contribution in [1.29, 1.82) is 0 Å². The minimum absolute atomic E-state index is 0.141. The molecule has 0 aromatic heterocycles. The minimum atomic E-state index is -4.28. The number of phosphoric acid groups is 1. The smallest absolute Gasteiger partial charge is 0.463 e. The molecule has 0 atom stereocenters. The van der Waals surface area contributed by atoms with Crippen LogP contribution in [-0.2, 0) is 18.6 Å². The first kappa shape index (κ1) is 25.3. The molecular formula is C19H37O6P. The number of rotatable bonds is 18. The normalized spacial score (nSPS) is 12.0. The van der Waals surface area contributed by atoms with Gasteiger partial charge in [-0.25, -0.2) is 9.36 Å². The molecule has 0 heterocycles. The van der Waals surface area contributed by atoms with Gasteiger partial charge in [-0.05, 0) is 19.8 Å². The lowest BCUT2D eigenvalue weighted by Crippen LogP contribution is -2.01. The topological polar surface area (TPSA) is 93.1 Å². The van der Waals surface area contributed by atoms with Gasteiger partial charge in [0.15, 0.2) is 0 Å².